The number of aliphatic imine (C=N–C) groups is 1. The molecule has 4 aromatic rings. The van der Waals surface area contributed by atoms with Gasteiger partial charge >= 0.3 is 0 Å². The van der Waals surface area contributed by atoms with Crippen molar-refractivity contribution >= 4 is 27.7 Å². The number of benzene rings is 3. The number of hydrogen-bond donors (Lipinski definition) is 1. The second kappa shape index (κ2) is 9.11. The van der Waals surface area contributed by atoms with Crippen molar-refractivity contribution < 1.29 is 13.3 Å². The van der Waals surface area contributed by atoms with Gasteiger partial charge in [0.2, 0.25) is 10.0 Å². The lowest BCUT2D eigenvalue weighted by Gasteiger charge is -2.07. The Morgan fingerprint density at radius 3 is 2.21 bits per heavy atom. The number of aromatic nitrogens is 1. The summed E-state index contributed by atoms with van der Waals surface area (Å²) in [6.07, 6.45) is 3.26. The summed E-state index contributed by atoms with van der Waals surface area (Å²) in [6.45, 7) is 0. The summed E-state index contributed by atoms with van der Waals surface area (Å²) >= 11 is 0. The van der Waals surface area contributed by atoms with E-state index in [-0.39, 0.29) is 10.6 Å². The highest BCUT2D eigenvalue weighted by molar-refractivity contribution is 7.89. The number of rotatable bonds is 6. The maximum Gasteiger partial charge on any atom is 0.269 e. The number of nitrogens with two attached hydrogens (primary N) is 1. The van der Waals surface area contributed by atoms with Gasteiger partial charge < -0.3 is 4.57 Å². The molecule has 2 N–H and O–H groups in total. The van der Waals surface area contributed by atoms with Crippen LogP contribution in [0.15, 0.2) is 94.9 Å². The summed E-state index contributed by atoms with van der Waals surface area (Å²) < 4.78 is 24.9. The molecule has 9 nitrogen and oxygen atoms in total. The number of nitro benzene ring substituents is 1. The molecule has 0 fully saturated rings. The van der Waals surface area contributed by atoms with Crippen LogP contribution < -0.4 is 5.14 Å². The van der Waals surface area contributed by atoms with Crippen LogP contribution in [0.25, 0.3) is 16.8 Å². The minimum Gasteiger partial charge on any atom is -0.300 e. The van der Waals surface area contributed by atoms with Crippen molar-refractivity contribution in [1.29, 1.82) is 5.26 Å². The van der Waals surface area contributed by atoms with Crippen molar-refractivity contribution in [3.63, 3.8) is 0 Å². The highest BCUT2D eigenvalue weighted by Crippen LogP contribution is 2.35. The third-order valence-electron chi connectivity index (χ3n) is 5.06. The average molecular weight is 471 g/mol. The first-order chi connectivity index (χ1) is 16.3. The number of primary sulfonamides is 1. The molecule has 1 heterocycles. The zero-order chi connectivity index (χ0) is 24.3. The number of non-ortho nitro benzene ring substituents is 1. The predicted octanol–water partition coefficient (Wildman–Crippen LogP) is 4.32. The van der Waals surface area contributed by atoms with E-state index in [1.807, 2.05) is 30.3 Å². The van der Waals surface area contributed by atoms with Crippen LogP contribution in [-0.2, 0) is 10.0 Å². The molecule has 0 amide bonds. The lowest BCUT2D eigenvalue weighted by Crippen LogP contribution is -2.11. The van der Waals surface area contributed by atoms with E-state index in [0.717, 1.165) is 5.56 Å². The van der Waals surface area contributed by atoms with E-state index in [1.54, 1.807) is 35.0 Å². The minimum atomic E-state index is -3.86. The fourth-order valence-corrected chi connectivity index (χ4v) is 3.90. The van der Waals surface area contributed by atoms with E-state index in [2.05, 4.69) is 11.1 Å². The monoisotopic (exact) mass is 471 g/mol. The molecule has 0 unspecified atom stereocenters. The fourth-order valence-electron chi connectivity index (χ4n) is 3.38. The molecule has 0 aliphatic carbocycles. The Bertz CT molecular complexity index is 1530. The average Bonchev–Trinajstić information content (AvgIpc) is 3.21. The van der Waals surface area contributed by atoms with E-state index in [9.17, 15) is 23.8 Å². The van der Waals surface area contributed by atoms with Crippen LogP contribution >= 0.6 is 0 Å². The molecule has 0 bridgehead atoms. The summed E-state index contributed by atoms with van der Waals surface area (Å²) in [4.78, 5) is 14.9. The molecule has 34 heavy (non-hydrogen) atoms. The maximum absolute atomic E-state index is 11.6. The summed E-state index contributed by atoms with van der Waals surface area (Å²) in [6, 6.07) is 23.3. The van der Waals surface area contributed by atoms with Gasteiger partial charge in [0, 0.05) is 35.8 Å². The van der Waals surface area contributed by atoms with Crippen LogP contribution in [0.3, 0.4) is 0 Å². The van der Waals surface area contributed by atoms with E-state index >= 15 is 0 Å². The topological polar surface area (TPSA) is 144 Å². The Balaban J connectivity index is 1.85. The lowest BCUT2D eigenvalue weighted by atomic mass is 10.1. The largest absolute Gasteiger partial charge is 0.300 e. The molecule has 0 radical (unpaired) electrons. The molecule has 0 atom stereocenters. The van der Waals surface area contributed by atoms with Crippen LogP contribution in [-0.4, -0.2) is 24.1 Å². The van der Waals surface area contributed by atoms with Crippen molar-refractivity contribution in [2.45, 2.75) is 4.90 Å². The molecular formula is C24H17N5O4S. The van der Waals surface area contributed by atoms with Crippen LogP contribution in [0.4, 0.5) is 11.5 Å². The summed E-state index contributed by atoms with van der Waals surface area (Å²) in [5, 5.41) is 26.0. The first-order valence-electron chi connectivity index (χ1n) is 9.90. The van der Waals surface area contributed by atoms with Gasteiger partial charge in [-0.05, 0) is 47.5 Å². The van der Waals surface area contributed by atoms with E-state index in [1.165, 1.54) is 30.5 Å². The summed E-state index contributed by atoms with van der Waals surface area (Å²) in [5.74, 6) is 0.322. The highest BCUT2D eigenvalue weighted by Gasteiger charge is 2.18. The zero-order valence-electron chi connectivity index (χ0n) is 17.6. The van der Waals surface area contributed by atoms with Gasteiger partial charge in [-0.25, -0.2) is 18.5 Å². The third kappa shape index (κ3) is 4.61. The van der Waals surface area contributed by atoms with Crippen molar-refractivity contribution in [3.8, 4) is 22.9 Å². The lowest BCUT2D eigenvalue weighted by molar-refractivity contribution is -0.384. The Labute approximate surface area is 195 Å². The minimum absolute atomic E-state index is 0.0388. The highest BCUT2D eigenvalue weighted by atomic mass is 32.2. The third-order valence-corrected chi connectivity index (χ3v) is 5.99. The summed E-state index contributed by atoms with van der Waals surface area (Å²) in [7, 11) is -3.86. The van der Waals surface area contributed by atoms with Crippen molar-refractivity contribution in [3.05, 3.63) is 106 Å². The van der Waals surface area contributed by atoms with Crippen molar-refractivity contribution in [2.24, 2.45) is 10.1 Å². The van der Waals surface area contributed by atoms with Gasteiger partial charge in [0.1, 0.15) is 11.6 Å². The molecule has 1 aromatic heterocycles. The number of nitrogens with zero attached hydrogens (tertiary/aromatic N) is 4. The van der Waals surface area contributed by atoms with Crippen LogP contribution in [0.5, 0.6) is 0 Å². The van der Waals surface area contributed by atoms with Crippen LogP contribution in [0, 0.1) is 21.4 Å². The molecule has 0 aliphatic rings. The SMILES string of the molecule is N#Cc1c(-c2ccccc2)cn(-c2ccc(S(N)(=O)=O)cc2)c1/N=C/c1ccc([N+](=O)[O-])cc1. The maximum atomic E-state index is 11.6. The Hall–Kier alpha value is -4.59. The second-order valence-corrected chi connectivity index (χ2v) is 8.80. The van der Waals surface area contributed by atoms with Gasteiger partial charge in [-0.2, -0.15) is 5.26 Å². The normalized spacial score (nSPS) is 11.4. The molecule has 0 aliphatic heterocycles. The van der Waals surface area contributed by atoms with Crippen molar-refractivity contribution in [1.82, 2.24) is 4.57 Å². The second-order valence-electron chi connectivity index (χ2n) is 7.23. The smallest absolute Gasteiger partial charge is 0.269 e. The molecule has 3 aromatic carbocycles. The van der Waals surface area contributed by atoms with Crippen LogP contribution in [0.1, 0.15) is 11.1 Å². The summed E-state index contributed by atoms with van der Waals surface area (Å²) in [5.41, 5.74) is 2.91. The van der Waals surface area contributed by atoms with E-state index < -0.39 is 14.9 Å². The fraction of sp³-hybridized carbons (Fsp3) is 0. The standard InChI is InChI=1S/C24H17N5O4S/c25-14-22-23(18-4-2-1-3-5-18)16-28(19-10-12-21(13-11-19)34(26,32)33)24(22)27-15-17-6-8-20(9-7-17)29(30)31/h1-13,15-16H,(H2,26,32,33)/b27-15+. The van der Waals surface area contributed by atoms with Gasteiger partial charge in [0.25, 0.3) is 5.69 Å². The molecular weight excluding hydrogens is 454 g/mol. The van der Waals surface area contributed by atoms with Gasteiger partial charge in [0.15, 0.2) is 5.82 Å². The molecule has 4 rings (SSSR count). The first-order valence-corrected chi connectivity index (χ1v) is 11.4. The van der Waals surface area contributed by atoms with Gasteiger partial charge in [-0.1, -0.05) is 30.3 Å². The Kier molecular flexibility index (Phi) is 6.05. The number of sulfonamides is 1. The number of nitro groups is 1. The number of nitriles is 1. The van der Waals surface area contributed by atoms with Crippen molar-refractivity contribution in [2.75, 3.05) is 0 Å². The van der Waals surface area contributed by atoms with Crippen LogP contribution in [0.2, 0.25) is 0 Å². The first kappa shape index (κ1) is 22.6. The van der Waals surface area contributed by atoms with E-state index in [4.69, 9.17) is 5.14 Å². The molecule has 0 saturated heterocycles. The quantitative estimate of drug-likeness (QED) is 0.253. The van der Waals surface area contributed by atoms with Gasteiger partial charge in [-0.15, -0.1) is 0 Å². The van der Waals surface area contributed by atoms with Gasteiger partial charge in [-0.3, -0.25) is 10.1 Å². The van der Waals surface area contributed by atoms with Gasteiger partial charge in [0.05, 0.1) is 9.82 Å². The Morgan fingerprint density at radius 2 is 1.65 bits per heavy atom. The zero-order valence-corrected chi connectivity index (χ0v) is 18.4. The Morgan fingerprint density at radius 1 is 1.00 bits per heavy atom. The molecule has 0 spiro atoms. The number of hydrogen-bond acceptors (Lipinski definition) is 6. The molecule has 0 saturated carbocycles. The molecule has 168 valence electrons. The predicted molar refractivity (Wildman–Crippen MR) is 128 cm³/mol. The molecule has 10 heteroatoms. The van der Waals surface area contributed by atoms with E-state index in [0.29, 0.717) is 28.2 Å².